The highest BCUT2D eigenvalue weighted by Gasteiger charge is 2.33. The molecule has 2 aromatic rings. The fourth-order valence-corrected chi connectivity index (χ4v) is 3.91. The summed E-state index contributed by atoms with van der Waals surface area (Å²) in [5, 5.41) is 4.26. The SMILES string of the molecule is COc1ccc(C2=NO[C@H](CN(Cc3ccc(F)cc3)C(=O)C3CCC3)C2)cc1OC. The van der Waals surface area contributed by atoms with E-state index in [1.54, 1.807) is 26.4 Å². The molecule has 0 N–H and O–H groups in total. The first-order valence-corrected chi connectivity index (χ1v) is 10.6. The molecule has 2 aromatic carbocycles. The van der Waals surface area contributed by atoms with Gasteiger partial charge in [-0.15, -0.1) is 0 Å². The highest BCUT2D eigenvalue weighted by molar-refractivity contribution is 6.01. The Labute approximate surface area is 181 Å². The van der Waals surface area contributed by atoms with Crippen molar-refractivity contribution in [3.05, 3.63) is 59.4 Å². The minimum atomic E-state index is -0.285. The van der Waals surface area contributed by atoms with Crippen LogP contribution in [0.4, 0.5) is 4.39 Å². The number of benzene rings is 2. The molecule has 1 atom stereocenters. The van der Waals surface area contributed by atoms with Crippen molar-refractivity contribution in [2.24, 2.45) is 11.1 Å². The summed E-state index contributed by atoms with van der Waals surface area (Å²) in [4.78, 5) is 20.5. The third kappa shape index (κ3) is 4.81. The maximum absolute atomic E-state index is 13.3. The van der Waals surface area contributed by atoms with Crippen molar-refractivity contribution in [2.75, 3.05) is 20.8 Å². The number of methoxy groups -OCH3 is 2. The molecule has 1 amide bonds. The zero-order chi connectivity index (χ0) is 21.8. The van der Waals surface area contributed by atoms with Crippen molar-refractivity contribution < 1.29 is 23.5 Å². The van der Waals surface area contributed by atoms with E-state index in [0.717, 1.165) is 36.1 Å². The molecule has 1 aliphatic heterocycles. The quantitative estimate of drug-likeness (QED) is 0.636. The van der Waals surface area contributed by atoms with Crippen LogP contribution in [0.25, 0.3) is 0 Å². The van der Waals surface area contributed by atoms with E-state index in [1.807, 2.05) is 23.1 Å². The summed E-state index contributed by atoms with van der Waals surface area (Å²) in [5.41, 5.74) is 2.60. The van der Waals surface area contributed by atoms with Crippen LogP contribution in [0, 0.1) is 11.7 Å². The number of ether oxygens (including phenoxy) is 2. The normalized spacial score (nSPS) is 18.0. The van der Waals surface area contributed by atoms with Crippen molar-refractivity contribution in [2.45, 2.75) is 38.3 Å². The Morgan fingerprint density at radius 3 is 2.52 bits per heavy atom. The van der Waals surface area contributed by atoms with Gasteiger partial charge in [0.25, 0.3) is 0 Å². The highest BCUT2D eigenvalue weighted by atomic mass is 19.1. The Balaban J connectivity index is 1.44. The molecule has 6 nitrogen and oxygen atoms in total. The Morgan fingerprint density at radius 2 is 1.87 bits per heavy atom. The summed E-state index contributed by atoms with van der Waals surface area (Å²) in [5.74, 6) is 1.21. The molecule has 31 heavy (non-hydrogen) atoms. The van der Waals surface area contributed by atoms with Gasteiger partial charge in [0.15, 0.2) is 17.6 Å². The number of hydrogen-bond donors (Lipinski definition) is 0. The van der Waals surface area contributed by atoms with E-state index in [-0.39, 0.29) is 23.7 Å². The molecule has 4 rings (SSSR count). The Hall–Kier alpha value is -3.09. The van der Waals surface area contributed by atoms with Gasteiger partial charge in [-0.1, -0.05) is 23.7 Å². The molecule has 164 valence electrons. The molecule has 1 aliphatic carbocycles. The summed E-state index contributed by atoms with van der Waals surface area (Å²) in [6.45, 7) is 0.869. The number of carbonyl (C=O) groups is 1. The molecular formula is C24H27FN2O4. The van der Waals surface area contributed by atoms with E-state index in [4.69, 9.17) is 14.3 Å². The number of hydrogen-bond acceptors (Lipinski definition) is 5. The molecule has 1 fully saturated rings. The van der Waals surface area contributed by atoms with E-state index in [0.29, 0.717) is 31.0 Å². The second kappa shape index (κ2) is 9.37. The van der Waals surface area contributed by atoms with Crippen molar-refractivity contribution in [1.82, 2.24) is 4.90 Å². The lowest BCUT2D eigenvalue weighted by Gasteiger charge is -2.32. The van der Waals surface area contributed by atoms with Gasteiger partial charge in [-0.05, 0) is 48.7 Å². The van der Waals surface area contributed by atoms with E-state index in [2.05, 4.69) is 5.16 Å². The van der Waals surface area contributed by atoms with Crippen molar-refractivity contribution in [3.63, 3.8) is 0 Å². The molecule has 0 radical (unpaired) electrons. The summed E-state index contributed by atoms with van der Waals surface area (Å²) in [7, 11) is 3.19. The van der Waals surface area contributed by atoms with Gasteiger partial charge in [-0.25, -0.2) is 4.39 Å². The predicted octanol–water partition coefficient (Wildman–Crippen LogP) is 4.16. The monoisotopic (exact) mass is 426 g/mol. The Kier molecular flexibility index (Phi) is 6.39. The number of oxime groups is 1. The van der Waals surface area contributed by atoms with Crippen LogP contribution in [0.15, 0.2) is 47.6 Å². The van der Waals surface area contributed by atoms with Gasteiger partial charge in [0.05, 0.1) is 26.5 Å². The van der Waals surface area contributed by atoms with Gasteiger partial charge in [0, 0.05) is 24.4 Å². The van der Waals surface area contributed by atoms with Crippen LogP contribution in [-0.2, 0) is 16.2 Å². The average Bonchev–Trinajstić information content (AvgIpc) is 3.21. The lowest BCUT2D eigenvalue weighted by atomic mass is 9.84. The minimum Gasteiger partial charge on any atom is -0.493 e. The van der Waals surface area contributed by atoms with Crippen LogP contribution in [-0.4, -0.2) is 43.4 Å². The fourth-order valence-electron chi connectivity index (χ4n) is 3.91. The van der Waals surface area contributed by atoms with Gasteiger partial charge in [-0.3, -0.25) is 4.79 Å². The van der Waals surface area contributed by atoms with E-state index >= 15 is 0 Å². The van der Waals surface area contributed by atoms with Crippen LogP contribution >= 0.6 is 0 Å². The third-order valence-electron chi connectivity index (χ3n) is 5.93. The van der Waals surface area contributed by atoms with Crippen LogP contribution < -0.4 is 9.47 Å². The Morgan fingerprint density at radius 1 is 1.13 bits per heavy atom. The molecule has 1 heterocycles. The number of nitrogens with zero attached hydrogens (tertiary/aromatic N) is 2. The van der Waals surface area contributed by atoms with Crippen molar-refractivity contribution >= 4 is 11.6 Å². The summed E-state index contributed by atoms with van der Waals surface area (Å²) in [6, 6.07) is 11.9. The van der Waals surface area contributed by atoms with Crippen LogP contribution in [0.1, 0.15) is 36.8 Å². The molecule has 0 bridgehead atoms. The zero-order valence-electron chi connectivity index (χ0n) is 17.8. The fraction of sp³-hybridized carbons (Fsp3) is 0.417. The van der Waals surface area contributed by atoms with E-state index < -0.39 is 0 Å². The van der Waals surface area contributed by atoms with Crippen LogP contribution in [0.3, 0.4) is 0 Å². The maximum Gasteiger partial charge on any atom is 0.226 e. The number of halogens is 1. The topological polar surface area (TPSA) is 60.4 Å². The van der Waals surface area contributed by atoms with Gasteiger partial charge in [0.1, 0.15) is 5.82 Å². The van der Waals surface area contributed by atoms with Crippen molar-refractivity contribution in [1.29, 1.82) is 0 Å². The van der Waals surface area contributed by atoms with E-state index in [1.165, 1.54) is 12.1 Å². The van der Waals surface area contributed by atoms with Gasteiger partial charge >= 0.3 is 0 Å². The summed E-state index contributed by atoms with van der Waals surface area (Å²) < 4.78 is 23.9. The zero-order valence-corrected chi connectivity index (χ0v) is 17.8. The van der Waals surface area contributed by atoms with Crippen LogP contribution in [0.2, 0.25) is 0 Å². The first-order valence-electron chi connectivity index (χ1n) is 10.6. The van der Waals surface area contributed by atoms with E-state index in [9.17, 15) is 9.18 Å². The first-order chi connectivity index (χ1) is 15.1. The predicted molar refractivity (Wildman–Crippen MR) is 115 cm³/mol. The summed E-state index contributed by atoms with van der Waals surface area (Å²) in [6.07, 6.45) is 3.31. The molecule has 0 unspecified atom stereocenters. The lowest BCUT2D eigenvalue weighted by Crippen LogP contribution is -2.42. The molecule has 0 aromatic heterocycles. The van der Waals surface area contributed by atoms with Gasteiger partial charge < -0.3 is 19.2 Å². The lowest BCUT2D eigenvalue weighted by molar-refractivity contribution is -0.140. The number of carbonyl (C=O) groups excluding carboxylic acids is 1. The van der Waals surface area contributed by atoms with Gasteiger partial charge in [0.2, 0.25) is 5.91 Å². The minimum absolute atomic E-state index is 0.0769. The van der Waals surface area contributed by atoms with Crippen molar-refractivity contribution in [3.8, 4) is 11.5 Å². The number of amides is 1. The average molecular weight is 426 g/mol. The second-order valence-electron chi connectivity index (χ2n) is 8.01. The summed E-state index contributed by atoms with van der Waals surface area (Å²) >= 11 is 0. The highest BCUT2D eigenvalue weighted by Crippen LogP contribution is 2.31. The molecule has 1 saturated carbocycles. The van der Waals surface area contributed by atoms with Gasteiger partial charge in [-0.2, -0.15) is 0 Å². The van der Waals surface area contributed by atoms with Crippen LogP contribution in [0.5, 0.6) is 11.5 Å². The number of rotatable bonds is 8. The Bertz CT molecular complexity index is 957. The first kappa shape index (κ1) is 21.2. The second-order valence-corrected chi connectivity index (χ2v) is 8.01. The molecule has 2 aliphatic rings. The maximum atomic E-state index is 13.3. The molecule has 7 heteroatoms. The third-order valence-corrected chi connectivity index (χ3v) is 5.93. The molecule has 0 spiro atoms. The largest absolute Gasteiger partial charge is 0.493 e. The molecular weight excluding hydrogens is 399 g/mol. The standard InChI is InChI=1S/C24H27FN2O4/c1-29-22-11-8-18(12-23(22)30-2)21-13-20(31-26-21)15-27(24(28)17-4-3-5-17)14-16-6-9-19(25)10-7-16/h6-12,17,20H,3-5,13-15H2,1-2H3/t20-/m0/s1. The smallest absolute Gasteiger partial charge is 0.226 e. The molecule has 0 saturated heterocycles.